The Balaban J connectivity index is 2.10. The second kappa shape index (κ2) is 6.69. The van der Waals surface area contributed by atoms with Gasteiger partial charge in [0.1, 0.15) is 11.9 Å². The zero-order valence-electron chi connectivity index (χ0n) is 11.7. The Labute approximate surface area is 125 Å². The number of ether oxygens (including phenoxy) is 2. The molecule has 0 radical (unpaired) electrons. The first kappa shape index (κ1) is 16.2. The van der Waals surface area contributed by atoms with E-state index in [1.165, 1.54) is 12.1 Å². The van der Waals surface area contributed by atoms with Crippen molar-refractivity contribution >= 4 is 17.6 Å². The van der Waals surface area contributed by atoms with Crippen LogP contribution >= 0.6 is 0 Å². The number of amides is 1. The zero-order chi connectivity index (χ0) is 16.3. The van der Waals surface area contributed by atoms with E-state index in [1.807, 2.05) is 0 Å². The molecule has 1 aromatic carbocycles. The van der Waals surface area contributed by atoms with Gasteiger partial charge in [0.05, 0.1) is 5.69 Å². The average molecular weight is 315 g/mol. The molecule has 1 aromatic rings. The molecule has 0 bridgehead atoms. The Morgan fingerprint density at radius 1 is 1.36 bits per heavy atom. The predicted molar refractivity (Wildman–Crippen MR) is 72.0 cm³/mol. The number of benzene rings is 1. The molecule has 6 nitrogen and oxygen atoms in total. The summed E-state index contributed by atoms with van der Waals surface area (Å²) >= 11 is 0. The van der Waals surface area contributed by atoms with Crippen LogP contribution in [0.4, 0.5) is 14.5 Å². The quantitative estimate of drug-likeness (QED) is 0.870. The first-order valence-corrected chi connectivity index (χ1v) is 6.62. The molecule has 2 N–H and O–H groups in total. The molecule has 22 heavy (non-hydrogen) atoms. The minimum atomic E-state index is -3.02. The number of anilines is 1. The van der Waals surface area contributed by atoms with Crippen LogP contribution in [0.15, 0.2) is 18.2 Å². The van der Waals surface area contributed by atoms with Gasteiger partial charge in [0.25, 0.3) is 5.91 Å². The van der Waals surface area contributed by atoms with Crippen LogP contribution in [0.5, 0.6) is 5.75 Å². The van der Waals surface area contributed by atoms with Gasteiger partial charge in [-0.1, -0.05) is 12.1 Å². The highest BCUT2D eigenvalue weighted by Crippen LogP contribution is 2.30. The van der Waals surface area contributed by atoms with Crippen LogP contribution in [0.3, 0.4) is 0 Å². The minimum absolute atomic E-state index is 0.121. The molecule has 0 aliphatic carbocycles. The van der Waals surface area contributed by atoms with E-state index in [-0.39, 0.29) is 24.3 Å². The fourth-order valence-electron chi connectivity index (χ4n) is 2.21. The highest BCUT2D eigenvalue weighted by atomic mass is 19.3. The number of carbonyl (C=O) groups excluding carboxylic acids is 1. The summed E-state index contributed by atoms with van der Waals surface area (Å²) in [6.07, 6.45) is -1.48. The van der Waals surface area contributed by atoms with E-state index in [0.717, 1.165) is 0 Å². The summed E-state index contributed by atoms with van der Waals surface area (Å²) in [7, 11) is 0. The van der Waals surface area contributed by atoms with Crippen molar-refractivity contribution in [1.29, 1.82) is 0 Å². The van der Waals surface area contributed by atoms with Gasteiger partial charge in [-0.05, 0) is 31.4 Å². The van der Waals surface area contributed by atoms with E-state index in [4.69, 9.17) is 9.84 Å². The van der Waals surface area contributed by atoms with E-state index in [0.29, 0.717) is 5.56 Å². The summed E-state index contributed by atoms with van der Waals surface area (Å²) < 4.78 is 34.3. The molecular formula is C14H15F2NO5. The van der Waals surface area contributed by atoms with Crippen LogP contribution in [0.1, 0.15) is 18.4 Å². The van der Waals surface area contributed by atoms with Crippen molar-refractivity contribution in [2.45, 2.75) is 38.6 Å². The van der Waals surface area contributed by atoms with Crippen molar-refractivity contribution in [3.63, 3.8) is 0 Å². The van der Waals surface area contributed by atoms with Gasteiger partial charge < -0.3 is 19.9 Å². The molecule has 1 amide bonds. The van der Waals surface area contributed by atoms with Crippen molar-refractivity contribution in [3.8, 4) is 5.75 Å². The van der Waals surface area contributed by atoms with E-state index in [2.05, 4.69) is 10.1 Å². The summed E-state index contributed by atoms with van der Waals surface area (Å²) in [5.41, 5.74) is 0.662. The maximum atomic E-state index is 12.4. The second-order valence-electron chi connectivity index (χ2n) is 4.84. The summed E-state index contributed by atoms with van der Waals surface area (Å²) in [6.45, 7) is -1.39. The fraction of sp³-hybridized carbons (Fsp3) is 0.429. The fourth-order valence-corrected chi connectivity index (χ4v) is 2.21. The standard InChI is InChI=1S/C14H15F2NO5/c1-7-3-2-4-8(22-14(15)16)11(7)17-12(18)9-5-6-10(21-9)13(19)20/h2-4,9-10,14H,5-6H2,1H3,(H,17,18)(H,19,20)/t9-,10+/m0/s1. The molecule has 1 fully saturated rings. The third-order valence-electron chi connectivity index (χ3n) is 3.29. The van der Waals surface area contributed by atoms with E-state index < -0.39 is 30.7 Å². The number of carbonyl (C=O) groups is 2. The van der Waals surface area contributed by atoms with Crippen LogP contribution in [0, 0.1) is 6.92 Å². The lowest BCUT2D eigenvalue weighted by molar-refractivity contribution is -0.150. The molecule has 2 atom stereocenters. The number of aryl methyl sites for hydroxylation is 1. The van der Waals surface area contributed by atoms with E-state index >= 15 is 0 Å². The van der Waals surface area contributed by atoms with Gasteiger partial charge in [-0.3, -0.25) is 4.79 Å². The lowest BCUT2D eigenvalue weighted by Crippen LogP contribution is -2.30. The smallest absolute Gasteiger partial charge is 0.387 e. The number of carboxylic acid groups (broad SMARTS) is 1. The number of carboxylic acids is 1. The van der Waals surface area contributed by atoms with Crippen molar-refractivity contribution in [3.05, 3.63) is 23.8 Å². The highest BCUT2D eigenvalue weighted by Gasteiger charge is 2.35. The normalized spacial score (nSPS) is 20.9. The molecule has 1 heterocycles. The third-order valence-corrected chi connectivity index (χ3v) is 3.29. The Morgan fingerprint density at radius 3 is 2.64 bits per heavy atom. The van der Waals surface area contributed by atoms with E-state index in [9.17, 15) is 18.4 Å². The van der Waals surface area contributed by atoms with Gasteiger partial charge in [-0.25, -0.2) is 4.79 Å². The van der Waals surface area contributed by atoms with Crippen molar-refractivity contribution in [2.75, 3.05) is 5.32 Å². The number of rotatable bonds is 5. The number of aliphatic carboxylic acids is 1. The van der Waals surface area contributed by atoms with Crippen LogP contribution < -0.4 is 10.1 Å². The molecule has 8 heteroatoms. The van der Waals surface area contributed by atoms with Gasteiger partial charge in [0, 0.05) is 0 Å². The van der Waals surface area contributed by atoms with Crippen LogP contribution in [0.25, 0.3) is 0 Å². The number of hydrogen-bond acceptors (Lipinski definition) is 4. The molecule has 0 saturated carbocycles. The summed E-state index contributed by atoms with van der Waals surface area (Å²) in [4.78, 5) is 22.9. The topological polar surface area (TPSA) is 84.9 Å². The molecule has 0 unspecified atom stereocenters. The van der Waals surface area contributed by atoms with Gasteiger partial charge in [0.2, 0.25) is 0 Å². The largest absolute Gasteiger partial charge is 0.479 e. The van der Waals surface area contributed by atoms with Gasteiger partial charge in [0.15, 0.2) is 6.10 Å². The molecule has 2 rings (SSSR count). The molecule has 0 aromatic heterocycles. The number of halogens is 2. The molecular weight excluding hydrogens is 300 g/mol. The average Bonchev–Trinajstić information content (AvgIpc) is 2.92. The van der Waals surface area contributed by atoms with Gasteiger partial charge in [-0.15, -0.1) is 0 Å². The number of nitrogens with one attached hydrogen (secondary N) is 1. The number of alkyl halides is 2. The monoisotopic (exact) mass is 315 g/mol. The number of para-hydroxylation sites is 1. The lowest BCUT2D eigenvalue weighted by atomic mass is 10.1. The molecule has 120 valence electrons. The van der Waals surface area contributed by atoms with Crippen LogP contribution in [-0.4, -0.2) is 35.8 Å². The third kappa shape index (κ3) is 3.70. The maximum Gasteiger partial charge on any atom is 0.387 e. The van der Waals surface area contributed by atoms with Gasteiger partial charge in [-0.2, -0.15) is 8.78 Å². The molecule has 0 spiro atoms. The second-order valence-corrected chi connectivity index (χ2v) is 4.84. The first-order valence-electron chi connectivity index (χ1n) is 6.62. The number of hydrogen-bond donors (Lipinski definition) is 2. The highest BCUT2D eigenvalue weighted by molar-refractivity contribution is 5.96. The van der Waals surface area contributed by atoms with Crippen LogP contribution in [0.2, 0.25) is 0 Å². The van der Waals surface area contributed by atoms with Crippen molar-refractivity contribution < 1.29 is 33.0 Å². The Bertz CT molecular complexity index is 578. The minimum Gasteiger partial charge on any atom is -0.479 e. The SMILES string of the molecule is Cc1cccc(OC(F)F)c1NC(=O)[C@@H]1CC[C@H](C(=O)O)O1. The Kier molecular flexibility index (Phi) is 4.92. The van der Waals surface area contributed by atoms with E-state index in [1.54, 1.807) is 13.0 Å². The zero-order valence-corrected chi connectivity index (χ0v) is 11.7. The Morgan fingerprint density at radius 2 is 2.05 bits per heavy atom. The van der Waals surface area contributed by atoms with Crippen molar-refractivity contribution in [2.24, 2.45) is 0 Å². The van der Waals surface area contributed by atoms with Crippen LogP contribution in [-0.2, 0) is 14.3 Å². The summed E-state index contributed by atoms with van der Waals surface area (Å²) in [6, 6.07) is 4.46. The molecule has 1 aliphatic heterocycles. The molecule has 1 saturated heterocycles. The van der Waals surface area contributed by atoms with Crippen molar-refractivity contribution in [1.82, 2.24) is 0 Å². The summed E-state index contributed by atoms with van der Waals surface area (Å²) in [5, 5.41) is 11.3. The van der Waals surface area contributed by atoms with Gasteiger partial charge >= 0.3 is 12.6 Å². The Hall–Kier alpha value is -2.22. The predicted octanol–water partition coefficient (Wildman–Crippen LogP) is 2.17. The summed E-state index contributed by atoms with van der Waals surface area (Å²) in [5.74, 6) is -1.87. The molecule has 1 aliphatic rings. The first-order chi connectivity index (χ1) is 10.4. The maximum absolute atomic E-state index is 12.4. The lowest BCUT2D eigenvalue weighted by Gasteiger charge is -2.16.